The van der Waals surface area contributed by atoms with Crippen molar-refractivity contribution < 1.29 is 13.2 Å². The van der Waals surface area contributed by atoms with Gasteiger partial charge >= 0.3 is 0 Å². The molecule has 0 amide bonds. The van der Waals surface area contributed by atoms with Gasteiger partial charge in [-0.1, -0.05) is 26.2 Å². The molecule has 0 radical (unpaired) electrons. The molecule has 0 aromatic carbocycles. The van der Waals surface area contributed by atoms with Crippen molar-refractivity contribution in [3.63, 3.8) is 0 Å². The van der Waals surface area contributed by atoms with Crippen LogP contribution in [0, 0.1) is 11.8 Å². The van der Waals surface area contributed by atoms with E-state index in [2.05, 4.69) is 11.8 Å². The van der Waals surface area contributed by atoms with Crippen molar-refractivity contribution in [2.24, 2.45) is 11.8 Å². The lowest BCUT2D eigenvalue weighted by molar-refractivity contribution is 0.0126. The van der Waals surface area contributed by atoms with Crippen LogP contribution in [0.3, 0.4) is 0 Å². The van der Waals surface area contributed by atoms with Gasteiger partial charge in [0.15, 0.2) is 0 Å². The SMILES string of the molecule is C[C@@H]1CN(S(=O)(=O)CC2CCCCC2)C[C@H]1N1CCOCC1. The molecule has 3 aliphatic rings. The molecular formula is C16H30N2O3S. The molecular weight excluding hydrogens is 300 g/mol. The first-order valence-corrected chi connectivity index (χ1v) is 10.5. The highest BCUT2D eigenvalue weighted by Gasteiger charge is 2.40. The standard InChI is InChI=1S/C16H30N2O3S/c1-14-11-18(12-16(14)17-7-9-21-10-8-17)22(19,20)13-15-5-3-2-4-6-15/h14-16H,2-13H2,1H3/t14-,16-/m1/s1. The van der Waals surface area contributed by atoms with Crippen LogP contribution in [0.4, 0.5) is 0 Å². The van der Waals surface area contributed by atoms with Crippen molar-refractivity contribution in [3.8, 4) is 0 Å². The third-order valence-electron chi connectivity index (χ3n) is 5.62. The molecule has 2 saturated heterocycles. The van der Waals surface area contributed by atoms with Crippen LogP contribution < -0.4 is 0 Å². The van der Waals surface area contributed by atoms with Gasteiger partial charge in [-0.25, -0.2) is 12.7 Å². The minimum atomic E-state index is -3.09. The summed E-state index contributed by atoms with van der Waals surface area (Å²) in [6.07, 6.45) is 5.86. The van der Waals surface area contributed by atoms with Crippen LogP contribution in [0.5, 0.6) is 0 Å². The predicted octanol–water partition coefficient (Wildman–Crippen LogP) is 1.55. The van der Waals surface area contributed by atoms with Gasteiger partial charge in [-0.05, 0) is 24.7 Å². The maximum Gasteiger partial charge on any atom is 0.214 e. The van der Waals surface area contributed by atoms with Crippen molar-refractivity contribution in [2.45, 2.75) is 45.1 Å². The van der Waals surface area contributed by atoms with Crippen molar-refractivity contribution in [1.82, 2.24) is 9.21 Å². The molecule has 2 atom stereocenters. The molecule has 0 unspecified atom stereocenters. The molecule has 2 heterocycles. The molecule has 3 fully saturated rings. The van der Waals surface area contributed by atoms with Gasteiger partial charge in [-0.3, -0.25) is 4.90 Å². The molecule has 128 valence electrons. The van der Waals surface area contributed by atoms with Crippen LogP contribution in [0.15, 0.2) is 0 Å². The Balaban J connectivity index is 1.59. The molecule has 5 nitrogen and oxygen atoms in total. The van der Waals surface area contributed by atoms with Crippen LogP contribution in [-0.2, 0) is 14.8 Å². The molecule has 1 saturated carbocycles. The fraction of sp³-hybridized carbons (Fsp3) is 1.00. The van der Waals surface area contributed by atoms with Crippen molar-refractivity contribution in [2.75, 3.05) is 45.1 Å². The summed E-state index contributed by atoms with van der Waals surface area (Å²) in [6.45, 7) is 6.98. The minimum absolute atomic E-state index is 0.366. The second-order valence-electron chi connectivity index (χ2n) is 7.29. The lowest BCUT2D eigenvalue weighted by Gasteiger charge is -2.34. The quantitative estimate of drug-likeness (QED) is 0.785. The summed E-state index contributed by atoms with van der Waals surface area (Å²) in [5, 5.41) is 0. The predicted molar refractivity (Wildman–Crippen MR) is 87.3 cm³/mol. The average Bonchev–Trinajstić information content (AvgIpc) is 2.92. The summed E-state index contributed by atoms with van der Waals surface area (Å²) in [7, 11) is -3.09. The Hall–Kier alpha value is -0.170. The van der Waals surface area contributed by atoms with E-state index in [1.165, 1.54) is 19.3 Å². The van der Waals surface area contributed by atoms with Gasteiger partial charge in [0.1, 0.15) is 0 Å². The number of hydrogen-bond donors (Lipinski definition) is 0. The van der Waals surface area contributed by atoms with Crippen LogP contribution in [0.1, 0.15) is 39.0 Å². The van der Waals surface area contributed by atoms with E-state index in [1.807, 2.05) is 0 Å². The number of hydrogen-bond acceptors (Lipinski definition) is 4. The molecule has 2 aliphatic heterocycles. The highest BCUT2D eigenvalue weighted by Crippen LogP contribution is 2.29. The summed E-state index contributed by atoms with van der Waals surface area (Å²) in [6, 6.07) is 0.366. The maximum atomic E-state index is 12.8. The zero-order valence-corrected chi connectivity index (χ0v) is 14.6. The van der Waals surface area contributed by atoms with Crippen LogP contribution in [0.25, 0.3) is 0 Å². The first kappa shape index (κ1) is 16.7. The zero-order chi connectivity index (χ0) is 15.6. The molecule has 0 aromatic heterocycles. The Morgan fingerprint density at radius 3 is 2.41 bits per heavy atom. The number of sulfonamides is 1. The van der Waals surface area contributed by atoms with Gasteiger partial charge in [0.25, 0.3) is 0 Å². The number of rotatable bonds is 4. The largest absolute Gasteiger partial charge is 0.379 e. The second kappa shape index (κ2) is 7.16. The van der Waals surface area contributed by atoms with Gasteiger partial charge in [0, 0.05) is 32.2 Å². The fourth-order valence-corrected chi connectivity index (χ4v) is 6.26. The minimum Gasteiger partial charge on any atom is -0.379 e. The monoisotopic (exact) mass is 330 g/mol. The number of ether oxygens (including phenoxy) is 1. The molecule has 0 aromatic rings. The van der Waals surface area contributed by atoms with Crippen molar-refractivity contribution >= 4 is 10.0 Å². The Kier molecular flexibility index (Phi) is 5.43. The summed E-state index contributed by atoms with van der Waals surface area (Å²) in [5.41, 5.74) is 0. The normalized spacial score (nSPS) is 33.3. The molecule has 6 heteroatoms. The van der Waals surface area contributed by atoms with Gasteiger partial charge < -0.3 is 4.74 Å². The lowest BCUT2D eigenvalue weighted by Crippen LogP contribution is -2.47. The molecule has 3 rings (SSSR count). The maximum absolute atomic E-state index is 12.8. The van der Waals surface area contributed by atoms with Crippen LogP contribution >= 0.6 is 0 Å². The van der Waals surface area contributed by atoms with Gasteiger partial charge in [-0.2, -0.15) is 0 Å². The van der Waals surface area contributed by atoms with E-state index < -0.39 is 10.0 Å². The second-order valence-corrected chi connectivity index (χ2v) is 9.31. The Bertz CT molecular complexity index is 456. The van der Waals surface area contributed by atoms with Crippen molar-refractivity contribution in [3.05, 3.63) is 0 Å². The lowest BCUT2D eigenvalue weighted by atomic mass is 9.91. The summed E-state index contributed by atoms with van der Waals surface area (Å²) in [5.74, 6) is 1.17. The average molecular weight is 330 g/mol. The first-order valence-electron chi connectivity index (χ1n) is 8.86. The van der Waals surface area contributed by atoms with E-state index in [9.17, 15) is 8.42 Å². The molecule has 0 N–H and O–H groups in total. The summed E-state index contributed by atoms with van der Waals surface area (Å²) < 4.78 is 32.7. The van der Waals surface area contributed by atoms with E-state index in [1.54, 1.807) is 4.31 Å². The number of nitrogens with zero attached hydrogens (tertiary/aromatic N) is 2. The van der Waals surface area contributed by atoms with Gasteiger partial charge in [-0.15, -0.1) is 0 Å². The van der Waals surface area contributed by atoms with Gasteiger partial charge in [0.2, 0.25) is 10.0 Å². The summed E-state index contributed by atoms with van der Waals surface area (Å²) in [4.78, 5) is 2.42. The molecule has 0 bridgehead atoms. The Morgan fingerprint density at radius 1 is 1.05 bits per heavy atom. The van der Waals surface area contributed by atoms with E-state index >= 15 is 0 Å². The molecule has 1 aliphatic carbocycles. The molecule has 22 heavy (non-hydrogen) atoms. The highest BCUT2D eigenvalue weighted by molar-refractivity contribution is 7.89. The van der Waals surface area contributed by atoms with Gasteiger partial charge in [0.05, 0.1) is 19.0 Å². The zero-order valence-electron chi connectivity index (χ0n) is 13.7. The van der Waals surface area contributed by atoms with E-state index in [0.717, 1.165) is 39.1 Å². The van der Waals surface area contributed by atoms with Crippen LogP contribution in [0.2, 0.25) is 0 Å². The first-order chi connectivity index (χ1) is 10.6. The van der Waals surface area contributed by atoms with Crippen LogP contribution in [-0.4, -0.2) is 68.8 Å². The van der Waals surface area contributed by atoms with Crippen molar-refractivity contribution in [1.29, 1.82) is 0 Å². The fourth-order valence-electron chi connectivity index (χ4n) is 4.27. The highest BCUT2D eigenvalue weighted by atomic mass is 32.2. The number of morpholine rings is 1. The topological polar surface area (TPSA) is 49.9 Å². The molecule has 0 spiro atoms. The smallest absolute Gasteiger partial charge is 0.214 e. The summed E-state index contributed by atoms with van der Waals surface area (Å²) >= 11 is 0. The Labute approximate surface area is 135 Å². The third-order valence-corrected chi connectivity index (χ3v) is 7.60. The third kappa shape index (κ3) is 3.83. The van der Waals surface area contributed by atoms with E-state index in [-0.39, 0.29) is 0 Å². The Morgan fingerprint density at radius 2 is 1.73 bits per heavy atom. The van der Waals surface area contributed by atoms with E-state index in [4.69, 9.17) is 4.74 Å². The van der Waals surface area contributed by atoms with E-state index in [0.29, 0.717) is 36.7 Å².